The fourth-order valence-electron chi connectivity index (χ4n) is 1.91. The Hall–Kier alpha value is -1.27. The molecule has 0 fully saturated rings. The lowest BCUT2D eigenvalue weighted by atomic mass is 9.97. The normalized spacial score (nSPS) is 10.6. The third-order valence-corrected chi connectivity index (χ3v) is 3.96. The summed E-state index contributed by atoms with van der Waals surface area (Å²) in [5, 5.41) is 0.869. The quantitative estimate of drug-likeness (QED) is 0.644. The lowest BCUT2D eigenvalue weighted by molar-refractivity contribution is 1.32. The predicted molar refractivity (Wildman–Crippen MR) is 75.8 cm³/mol. The Labute approximate surface area is 108 Å². The first kappa shape index (κ1) is 12.2. The average Bonchev–Trinajstić information content (AvgIpc) is 2.30. The molecule has 0 unspecified atom stereocenters. The van der Waals surface area contributed by atoms with E-state index in [2.05, 4.69) is 58.0 Å². The van der Waals surface area contributed by atoms with Crippen molar-refractivity contribution in [2.75, 3.05) is 0 Å². The van der Waals surface area contributed by atoms with Gasteiger partial charge < -0.3 is 0 Å². The highest BCUT2D eigenvalue weighted by atomic mass is 35.5. The van der Waals surface area contributed by atoms with Gasteiger partial charge in [-0.3, -0.25) is 0 Å². The second kappa shape index (κ2) is 4.54. The Kier molecular flexibility index (Phi) is 3.26. The fourth-order valence-corrected chi connectivity index (χ4v) is 2.23. The molecule has 0 radical (unpaired) electrons. The van der Waals surface area contributed by atoms with Crippen molar-refractivity contribution >= 4 is 11.6 Å². The number of aryl methyl sites for hydroxylation is 3. The van der Waals surface area contributed by atoms with E-state index >= 15 is 0 Å². The minimum atomic E-state index is 0.869. The Bertz CT molecular complexity index is 568. The first-order valence-corrected chi connectivity index (χ1v) is 6.22. The zero-order valence-corrected chi connectivity index (χ0v) is 11.5. The molecule has 0 saturated heterocycles. The molecule has 0 heterocycles. The summed E-state index contributed by atoms with van der Waals surface area (Å²) in [6.45, 7) is 8.42. The summed E-state index contributed by atoms with van der Waals surface area (Å²) in [4.78, 5) is 0. The molecule has 0 saturated carbocycles. The van der Waals surface area contributed by atoms with Crippen molar-refractivity contribution in [2.24, 2.45) is 0 Å². The van der Waals surface area contributed by atoms with E-state index < -0.39 is 0 Å². The molecule has 0 aromatic heterocycles. The number of halogens is 1. The molecular formula is C16H17Cl. The molecule has 0 bridgehead atoms. The van der Waals surface area contributed by atoms with Gasteiger partial charge in [0.15, 0.2) is 0 Å². The minimum absolute atomic E-state index is 0.869. The summed E-state index contributed by atoms with van der Waals surface area (Å²) < 4.78 is 0. The Morgan fingerprint density at radius 1 is 0.765 bits per heavy atom. The van der Waals surface area contributed by atoms with Crippen molar-refractivity contribution in [3.8, 4) is 11.1 Å². The Balaban J connectivity index is 2.61. The summed E-state index contributed by atoms with van der Waals surface area (Å²) in [7, 11) is 0. The Morgan fingerprint density at radius 3 is 2.06 bits per heavy atom. The number of rotatable bonds is 1. The Morgan fingerprint density at radius 2 is 1.41 bits per heavy atom. The van der Waals surface area contributed by atoms with Crippen LogP contribution < -0.4 is 0 Å². The highest BCUT2D eigenvalue weighted by molar-refractivity contribution is 6.34. The van der Waals surface area contributed by atoms with Crippen molar-refractivity contribution < 1.29 is 0 Å². The van der Waals surface area contributed by atoms with E-state index in [1.165, 1.54) is 27.8 Å². The summed E-state index contributed by atoms with van der Waals surface area (Å²) >= 11 is 6.43. The van der Waals surface area contributed by atoms with Crippen LogP contribution in [-0.2, 0) is 0 Å². The molecule has 0 nitrogen and oxygen atoms in total. The summed E-state index contributed by atoms with van der Waals surface area (Å²) in [6, 6.07) is 10.7. The lowest BCUT2D eigenvalue weighted by Gasteiger charge is -2.11. The third kappa shape index (κ3) is 2.23. The van der Waals surface area contributed by atoms with Gasteiger partial charge in [0.2, 0.25) is 0 Å². The lowest BCUT2D eigenvalue weighted by Crippen LogP contribution is -1.88. The van der Waals surface area contributed by atoms with Crippen LogP contribution in [0.3, 0.4) is 0 Å². The van der Waals surface area contributed by atoms with Gasteiger partial charge in [-0.15, -0.1) is 0 Å². The molecule has 0 aliphatic rings. The number of benzene rings is 2. The highest BCUT2D eigenvalue weighted by Gasteiger charge is 2.08. The van der Waals surface area contributed by atoms with Crippen molar-refractivity contribution in [2.45, 2.75) is 27.7 Å². The molecule has 0 atom stereocenters. The molecule has 17 heavy (non-hydrogen) atoms. The van der Waals surface area contributed by atoms with Gasteiger partial charge in [0.05, 0.1) is 5.02 Å². The fraction of sp³-hybridized carbons (Fsp3) is 0.250. The molecule has 0 aliphatic carbocycles. The maximum atomic E-state index is 6.43. The molecule has 88 valence electrons. The molecule has 0 spiro atoms. The standard InChI is InChI=1S/C16H17Cl/c1-10-5-7-14(9-12(10)3)15-8-6-11(2)13(4)16(15)17/h5-9H,1-4H3. The maximum Gasteiger partial charge on any atom is 0.0516 e. The average molecular weight is 245 g/mol. The minimum Gasteiger partial charge on any atom is -0.0834 e. The molecule has 2 aromatic carbocycles. The van der Waals surface area contributed by atoms with Crippen LogP contribution in [-0.4, -0.2) is 0 Å². The maximum absolute atomic E-state index is 6.43. The molecular weight excluding hydrogens is 228 g/mol. The third-order valence-electron chi connectivity index (χ3n) is 3.48. The SMILES string of the molecule is Cc1ccc(-c2ccc(C)c(C)c2Cl)cc1C. The van der Waals surface area contributed by atoms with E-state index in [0.29, 0.717) is 0 Å². The van der Waals surface area contributed by atoms with E-state index in [9.17, 15) is 0 Å². The molecule has 2 aromatic rings. The predicted octanol–water partition coefficient (Wildman–Crippen LogP) is 5.24. The summed E-state index contributed by atoms with van der Waals surface area (Å²) in [5.74, 6) is 0. The summed E-state index contributed by atoms with van der Waals surface area (Å²) in [5.41, 5.74) is 7.34. The topological polar surface area (TPSA) is 0 Å². The molecule has 1 heteroatoms. The van der Waals surface area contributed by atoms with Crippen molar-refractivity contribution in [3.63, 3.8) is 0 Å². The van der Waals surface area contributed by atoms with Crippen LogP contribution in [0.4, 0.5) is 0 Å². The van der Waals surface area contributed by atoms with Gasteiger partial charge in [-0.2, -0.15) is 0 Å². The number of hydrogen-bond acceptors (Lipinski definition) is 0. The molecule has 0 amide bonds. The second-order valence-electron chi connectivity index (χ2n) is 4.67. The molecule has 2 rings (SSSR count). The van der Waals surface area contributed by atoms with Gasteiger partial charge in [-0.1, -0.05) is 41.9 Å². The zero-order valence-electron chi connectivity index (χ0n) is 10.8. The van der Waals surface area contributed by atoms with E-state index in [0.717, 1.165) is 10.6 Å². The van der Waals surface area contributed by atoms with Crippen LogP contribution in [0, 0.1) is 27.7 Å². The van der Waals surface area contributed by atoms with Gasteiger partial charge in [0, 0.05) is 5.56 Å². The van der Waals surface area contributed by atoms with E-state index in [-0.39, 0.29) is 0 Å². The number of hydrogen-bond donors (Lipinski definition) is 0. The van der Waals surface area contributed by atoms with E-state index in [1.807, 2.05) is 0 Å². The van der Waals surface area contributed by atoms with Crippen molar-refractivity contribution in [1.82, 2.24) is 0 Å². The first-order valence-electron chi connectivity index (χ1n) is 5.84. The van der Waals surface area contributed by atoms with Gasteiger partial charge in [-0.25, -0.2) is 0 Å². The monoisotopic (exact) mass is 244 g/mol. The largest absolute Gasteiger partial charge is 0.0834 e. The molecule has 0 N–H and O–H groups in total. The summed E-state index contributed by atoms with van der Waals surface area (Å²) in [6.07, 6.45) is 0. The van der Waals surface area contributed by atoms with E-state index in [4.69, 9.17) is 11.6 Å². The highest BCUT2D eigenvalue weighted by Crippen LogP contribution is 2.32. The van der Waals surface area contributed by atoms with Crippen LogP contribution in [0.25, 0.3) is 11.1 Å². The van der Waals surface area contributed by atoms with Crippen LogP contribution in [0.5, 0.6) is 0 Å². The second-order valence-corrected chi connectivity index (χ2v) is 5.05. The van der Waals surface area contributed by atoms with Gasteiger partial charge in [0.25, 0.3) is 0 Å². The van der Waals surface area contributed by atoms with Crippen molar-refractivity contribution in [3.05, 3.63) is 57.6 Å². The van der Waals surface area contributed by atoms with Crippen LogP contribution in [0.15, 0.2) is 30.3 Å². The first-order chi connectivity index (χ1) is 8.00. The van der Waals surface area contributed by atoms with Crippen LogP contribution in [0.1, 0.15) is 22.3 Å². The zero-order chi connectivity index (χ0) is 12.6. The van der Waals surface area contributed by atoms with Crippen LogP contribution in [0.2, 0.25) is 5.02 Å². The van der Waals surface area contributed by atoms with Gasteiger partial charge in [0.1, 0.15) is 0 Å². The van der Waals surface area contributed by atoms with E-state index in [1.54, 1.807) is 0 Å². The van der Waals surface area contributed by atoms with Gasteiger partial charge in [-0.05, 0) is 55.5 Å². The van der Waals surface area contributed by atoms with Crippen molar-refractivity contribution in [1.29, 1.82) is 0 Å². The smallest absolute Gasteiger partial charge is 0.0516 e. The van der Waals surface area contributed by atoms with Gasteiger partial charge >= 0.3 is 0 Å². The van der Waals surface area contributed by atoms with Crippen LogP contribution >= 0.6 is 11.6 Å². The molecule has 0 aliphatic heterocycles.